The summed E-state index contributed by atoms with van der Waals surface area (Å²) in [4.78, 5) is 2.48. The molecule has 0 radical (unpaired) electrons. The molecule has 1 aliphatic rings. The van der Waals surface area contributed by atoms with Crippen LogP contribution in [0.3, 0.4) is 0 Å². The number of nitrogens with zero attached hydrogens (tertiary/aromatic N) is 1. The maximum absolute atomic E-state index is 6.14. The van der Waals surface area contributed by atoms with Crippen LogP contribution in [0.4, 0.5) is 5.69 Å². The number of methoxy groups -OCH3 is 1. The Bertz CT molecular complexity index is 438. The lowest BCUT2D eigenvalue weighted by atomic mass is 10.0. The molecule has 2 unspecified atom stereocenters. The fourth-order valence-electron chi connectivity index (χ4n) is 2.88. The predicted molar refractivity (Wildman–Crippen MR) is 88.3 cm³/mol. The molecule has 1 aromatic carbocycles. The molecular weight excluding hydrogens is 316 g/mol. The molecule has 2 atom stereocenters. The summed E-state index contributed by atoms with van der Waals surface area (Å²) in [5.74, 6) is 0.649. The van der Waals surface area contributed by atoms with Crippen LogP contribution in [0.2, 0.25) is 0 Å². The number of halogens is 1. The first-order chi connectivity index (χ1) is 9.63. The highest BCUT2D eigenvalue weighted by molar-refractivity contribution is 9.10. The van der Waals surface area contributed by atoms with E-state index >= 15 is 0 Å². The third-order valence-electron chi connectivity index (χ3n) is 4.08. The molecule has 4 heteroatoms. The van der Waals surface area contributed by atoms with Gasteiger partial charge in [-0.1, -0.05) is 22.9 Å². The number of rotatable bonds is 6. The lowest BCUT2D eigenvalue weighted by Crippen LogP contribution is -2.26. The van der Waals surface area contributed by atoms with Crippen molar-refractivity contribution >= 4 is 21.6 Å². The summed E-state index contributed by atoms with van der Waals surface area (Å²) >= 11 is 3.57. The summed E-state index contributed by atoms with van der Waals surface area (Å²) in [6.07, 6.45) is 3.16. The molecule has 1 heterocycles. The first-order valence-electron chi connectivity index (χ1n) is 7.42. The number of hydrogen-bond donors (Lipinski definition) is 1. The van der Waals surface area contributed by atoms with Crippen molar-refractivity contribution in [3.63, 3.8) is 0 Å². The van der Waals surface area contributed by atoms with E-state index in [0.29, 0.717) is 5.92 Å². The second-order valence-electron chi connectivity index (χ2n) is 5.70. The quantitative estimate of drug-likeness (QED) is 0.864. The zero-order chi connectivity index (χ0) is 14.5. The molecule has 1 saturated heterocycles. The Morgan fingerprint density at radius 1 is 1.50 bits per heavy atom. The van der Waals surface area contributed by atoms with E-state index in [9.17, 15) is 0 Å². The van der Waals surface area contributed by atoms with Crippen LogP contribution in [0.1, 0.15) is 25.3 Å². The van der Waals surface area contributed by atoms with E-state index in [1.54, 1.807) is 7.11 Å². The van der Waals surface area contributed by atoms with E-state index in [0.717, 1.165) is 37.0 Å². The summed E-state index contributed by atoms with van der Waals surface area (Å²) < 4.78 is 6.42. The van der Waals surface area contributed by atoms with Crippen LogP contribution in [0.5, 0.6) is 0 Å². The smallest absolute Gasteiger partial charge is 0.0508 e. The van der Waals surface area contributed by atoms with Gasteiger partial charge in [0, 0.05) is 42.3 Å². The first kappa shape index (κ1) is 15.8. The van der Waals surface area contributed by atoms with E-state index in [2.05, 4.69) is 46.0 Å². The van der Waals surface area contributed by atoms with Crippen LogP contribution in [0.25, 0.3) is 0 Å². The number of nitrogens with two attached hydrogens (primary N) is 1. The highest BCUT2D eigenvalue weighted by atomic mass is 79.9. The highest BCUT2D eigenvalue weighted by Gasteiger charge is 2.24. The molecule has 0 spiro atoms. The van der Waals surface area contributed by atoms with Crippen LogP contribution in [-0.4, -0.2) is 32.8 Å². The van der Waals surface area contributed by atoms with E-state index in [-0.39, 0.29) is 6.04 Å². The van der Waals surface area contributed by atoms with Crippen molar-refractivity contribution in [3.8, 4) is 0 Å². The fraction of sp³-hybridized carbons (Fsp3) is 0.625. The van der Waals surface area contributed by atoms with Gasteiger partial charge in [0.1, 0.15) is 0 Å². The standard InChI is InChI=1S/C16H25BrN2O/c1-3-15(18)9-13-8-14(17)4-5-16(13)19-7-6-12(10-19)11-20-2/h4-5,8,12,15H,3,6-7,9-11,18H2,1-2H3. The Hall–Kier alpha value is -0.580. The van der Waals surface area contributed by atoms with Crippen LogP contribution < -0.4 is 10.6 Å². The van der Waals surface area contributed by atoms with Crippen molar-refractivity contribution in [2.75, 3.05) is 31.7 Å². The van der Waals surface area contributed by atoms with Crippen molar-refractivity contribution in [1.82, 2.24) is 0 Å². The second-order valence-corrected chi connectivity index (χ2v) is 6.62. The maximum Gasteiger partial charge on any atom is 0.0508 e. The van der Waals surface area contributed by atoms with Gasteiger partial charge in [0.2, 0.25) is 0 Å². The zero-order valence-corrected chi connectivity index (χ0v) is 14.0. The summed E-state index contributed by atoms with van der Waals surface area (Å²) in [6.45, 7) is 5.21. The number of anilines is 1. The second kappa shape index (κ2) is 7.43. The zero-order valence-electron chi connectivity index (χ0n) is 12.4. The first-order valence-corrected chi connectivity index (χ1v) is 8.21. The summed E-state index contributed by atoms with van der Waals surface area (Å²) in [7, 11) is 1.79. The summed E-state index contributed by atoms with van der Waals surface area (Å²) in [5.41, 5.74) is 8.84. The average Bonchev–Trinajstić information content (AvgIpc) is 2.87. The summed E-state index contributed by atoms with van der Waals surface area (Å²) in [6, 6.07) is 6.80. The molecule has 0 aliphatic carbocycles. The normalized spacial score (nSPS) is 20.4. The topological polar surface area (TPSA) is 38.5 Å². The molecule has 112 valence electrons. The molecule has 20 heavy (non-hydrogen) atoms. The lowest BCUT2D eigenvalue weighted by molar-refractivity contribution is 0.161. The van der Waals surface area contributed by atoms with Crippen molar-refractivity contribution in [2.45, 2.75) is 32.2 Å². The fourth-order valence-corrected chi connectivity index (χ4v) is 3.28. The molecule has 1 fully saturated rings. The molecular formula is C16H25BrN2O. The van der Waals surface area contributed by atoms with Crippen LogP contribution in [0, 0.1) is 5.92 Å². The van der Waals surface area contributed by atoms with Crippen molar-refractivity contribution in [3.05, 3.63) is 28.2 Å². The lowest BCUT2D eigenvalue weighted by Gasteiger charge is -2.23. The Labute approximate surface area is 130 Å². The minimum Gasteiger partial charge on any atom is -0.384 e. The Balaban J connectivity index is 2.14. The van der Waals surface area contributed by atoms with Gasteiger partial charge in [-0.3, -0.25) is 0 Å². The third kappa shape index (κ3) is 3.96. The Morgan fingerprint density at radius 3 is 3.00 bits per heavy atom. The Morgan fingerprint density at radius 2 is 2.30 bits per heavy atom. The van der Waals surface area contributed by atoms with Crippen LogP contribution in [0.15, 0.2) is 22.7 Å². The third-order valence-corrected chi connectivity index (χ3v) is 4.57. The SMILES string of the molecule is CCC(N)Cc1cc(Br)ccc1N1CCC(COC)C1. The average molecular weight is 341 g/mol. The molecule has 0 amide bonds. The van der Waals surface area contributed by atoms with Crippen LogP contribution >= 0.6 is 15.9 Å². The van der Waals surface area contributed by atoms with Gasteiger partial charge in [-0.2, -0.15) is 0 Å². The number of benzene rings is 1. The Kier molecular flexibility index (Phi) is 5.87. The van der Waals surface area contributed by atoms with Gasteiger partial charge in [-0.05, 0) is 43.0 Å². The van der Waals surface area contributed by atoms with E-state index in [1.165, 1.54) is 17.7 Å². The monoisotopic (exact) mass is 340 g/mol. The number of hydrogen-bond acceptors (Lipinski definition) is 3. The number of ether oxygens (including phenoxy) is 1. The van der Waals surface area contributed by atoms with Gasteiger partial charge in [-0.15, -0.1) is 0 Å². The van der Waals surface area contributed by atoms with Crippen molar-refractivity contribution in [1.29, 1.82) is 0 Å². The largest absolute Gasteiger partial charge is 0.384 e. The molecule has 0 bridgehead atoms. The van der Waals surface area contributed by atoms with Crippen LogP contribution in [-0.2, 0) is 11.2 Å². The van der Waals surface area contributed by atoms with E-state index in [1.807, 2.05) is 0 Å². The van der Waals surface area contributed by atoms with Gasteiger partial charge in [0.15, 0.2) is 0 Å². The van der Waals surface area contributed by atoms with Gasteiger partial charge in [0.25, 0.3) is 0 Å². The molecule has 1 aliphatic heterocycles. The molecule has 2 N–H and O–H groups in total. The van der Waals surface area contributed by atoms with Crippen molar-refractivity contribution < 1.29 is 4.74 Å². The highest BCUT2D eigenvalue weighted by Crippen LogP contribution is 2.30. The summed E-state index contributed by atoms with van der Waals surface area (Å²) in [5, 5.41) is 0. The van der Waals surface area contributed by atoms with E-state index < -0.39 is 0 Å². The molecule has 0 saturated carbocycles. The molecule has 0 aromatic heterocycles. The van der Waals surface area contributed by atoms with Gasteiger partial charge in [0.05, 0.1) is 6.61 Å². The van der Waals surface area contributed by atoms with Crippen molar-refractivity contribution in [2.24, 2.45) is 11.7 Å². The minimum atomic E-state index is 0.237. The molecule has 1 aromatic rings. The van der Waals surface area contributed by atoms with E-state index in [4.69, 9.17) is 10.5 Å². The maximum atomic E-state index is 6.14. The van der Waals surface area contributed by atoms with Gasteiger partial charge >= 0.3 is 0 Å². The predicted octanol–water partition coefficient (Wildman–Crippen LogP) is 3.20. The minimum absolute atomic E-state index is 0.237. The molecule has 2 rings (SSSR count). The molecule has 3 nitrogen and oxygen atoms in total. The van der Waals surface area contributed by atoms with Gasteiger partial charge < -0.3 is 15.4 Å². The van der Waals surface area contributed by atoms with Gasteiger partial charge in [-0.25, -0.2) is 0 Å².